The minimum atomic E-state index is -0.328. The predicted molar refractivity (Wildman–Crippen MR) is 101 cm³/mol. The van der Waals surface area contributed by atoms with Crippen molar-refractivity contribution in [3.05, 3.63) is 59.7 Å². The van der Waals surface area contributed by atoms with Gasteiger partial charge in [0.25, 0.3) is 11.8 Å². The van der Waals surface area contributed by atoms with Gasteiger partial charge in [-0.05, 0) is 43.2 Å². The molecule has 0 unspecified atom stereocenters. The third-order valence-corrected chi connectivity index (χ3v) is 3.62. The number of hydrogen-bond acceptors (Lipinski definition) is 4. The maximum Gasteiger partial charge on any atom is 0.262 e. The number of anilines is 1. The molecule has 2 aromatic rings. The fourth-order valence-electron chi connectivity index (χ4n) is 2.34. The summed E-state index contributed by atoms with van der Waals surface area (Å²) >= 11 is 0. The van der Waals surface area contributed by atoms with Crippen molar-refractivity contribution in [3.8, 4) is 5.75 Å². The average Bonchev–Trinajstić information content (AvgIpc) is 2.64. The molecular formula is C20H24N2O4. The number of carbonyl (C=O) groups is 2. The van der Waals surface area contributed by atoms with Crippen molar-refractivity contribution in [1.29, 1.82) is 0 Å². The van der Waals surface area contributed by atoms with Gasteiger partial charge in [-0.3, -0.25) is 9.59 Å². The summed E-state index contributed by atoms with van der Waals surface area (Å²) in [5, 5.41) is 5.54. The zero-order valence-corrected chi connectivity index (χ0v) is 15.1. The summed E-state index contributed by atoms with van der Waals surface area (Å²) in [5.41, 5.74) is 1.92. The summed E-state index contributed by atoms with van der Waals surface area (Å²) in [6.45, 7) is 2.90. The normalized spacial score (nSPS) is 10.2. The van der Waals surface area contributed by atoms with Crippen molar-refractivity contribution in [2.75, 3.05) is 32.2 Å². The summed E-state index contributed by atoms with van der Waals surface area (Å²) in [6, 6.07) is 14.3. The fourth-order valence-corrected chi connectivity index (χ4v) is 2.34. The van der Waals surface area contributed by atoms with Crippen LogP contribution < -0.4 is 15.4 Å². The Morgan fingerprint density at radius 1 is 1.08 bits per heavy atom. The van der Waals surface area contributed by atoms with E-state index in [1.807, 2.05) is 25.1 Å². The Hall–Kier alpha value is -2.86. The number of hydrogen-bond donors (Lipinski definition) is 2. The van der Waals surface area contributed by atoms with Crippen molar-refractivity contribution >= 4 is 17.5 Å². The molecule has 2 aromatic carbocycles. The van der Waals surface area contributed by atoms with E-state index >= 15 is 0 Å². The number of aryl methyl sites for hydroxylation is 1. The first kappa shape index (κ1) is 19.5. The van der Waals surface area contributed by atoms with E-state index in [0.717, 1.165) is 12.0 Å². The van der Waals surface area contributed by atoms with Gasteiger partial charge in [-0.1, -0.05) is 24.3 Å². The van der Waals surface area contributed by atoms with Crippen LogP contribution in [-0.2, 0) is 9.53 Å². The molecule has 26 heavy (non-hydrogen) atoms. The first-order valence-corrected chi connectivity index (χ1v) is 8.45. The van der Waals surface area contributed by atoms with E-state index in [4.69, 9.17) is 9.47 Å². The number of benzene rings is 2. The lowest BCUT2D eigenvalue weighted by Crippen LogP contribution is -2.27. The Morgan fingerprint density at radius 3 is 2.65 bits per heavy atom. The summed E-state index contributed by atoms with van der Waals surface area (Å²) in [5.74, 6) is 0.0621. The molecule has 2 rings (SSSR count). The molecule has 0 spiro atoms. The minimum absolute atomic E-state index is 0.132. The third-order valence-electron chi connectivity index (χ3n) is 3.62. The molecule has 0 aliphatic carbocycles. The highest BCUT2D eigenvalue weighted by Crippen LogP contribution is 2.16. The second-order valence-electron chi connectivity index (χ2n) is 5.80. The standard InChI is InChI=1S/C20H24N2O4/c1-15-7-5-8-16(13-15)26-14-19(23)22-18-10-4-3-9-17(18)20(24)21-11-6-12-25-2/h3-5,7-10,13H,6,11-12,14H2,1-2H3,(H,21,24)(H,22,23). The number of amides is 2. The second-order valence-corrected chi connectivity index (χ2v) is 5.80. The number of ether oxygens (including phenoxy) is 2. The van der Waals surface area contributed by atoms with Crippen molar-refractivity contribution in [2.24, 2.45) is 0 Å². The number of rotatable bonds is 9. The highest BCUT2D eigenvalue weighted by molar-refractivity contribution is 6.04. The van der Waals surface area contributed by atoms with Crippen LogP contribution in [0.4, 0.5) is 5.69 Å². The number of carbonyl (C=O) groups excluding carboxylic acids is 2. The van der Waals surface area contributed by atoms with Gasteiger partial charge in [0, 0.05) is 20.3 Å². The second kappa shape index (κ2) is 10.2. The Bertz CT molecular complexity index is 746. The van der Waals surface area contributed by atoms with Gasteiger partial charge in [0.15, 0.2) is 6.61 Å². The van der Waals surface area contributed by atoms with Crippen LogP contribution in [0.25, 0.3) is 0 Å². The van der Waals surface area contributed by atoms with Crippen LogP contribution in [0.1, 0.15) is 22.3 Å². The summed E-state index contributed by atoms with van der Waals surface area (Å²) < 4.78 is 10.4. The molecule has 2 amide bonds. The van der Waals surface area contributed by atoms with E-state index in [9.17, 15) is 9.59 Å². The SMILES string of the molecule is COCCCNC(=O)c1ccccc1NC(=O)COc1cccc(C)c1. The maximum absolute atomic E-state index is 12.3. The Morgan fingerprint density at radius 2 is 1.88 bits per heavy atom. The monoisotopic (exact) mass is 356 g/mol. The van der Waals surface area contributed by atoms with Crippen LogP contribution >= 0.6 is 0 Å². The molecule has 0 atom stereocenters. The molecule has 6 nitrogen and oxygen atoms in total. The largest absolute Gasteiger partial charge is 0.484 e. The van der Waals surface area contributed by atoms with Crippen LogP contribution in [-0.4, -0.2) is 38.7 Å². The summed E-state index contributed by atoms with van der Waals surface area (Å²) in [7, 11) is 1.62. The number of nitrogens with one attached hydrogen (secondary N) is 2. The maximum atomic E-state index is 12.3. The third kappa shape index (κ3) is 6.22. The lowest BCUT2D eigenvalue weighted by molar-refractivity contribution is -0.118. The molecule has 0 bridgehead atoms. The molecule has 2 N–H and O–H groups in total. The zero-order valence-electron chi connectivity index (χ0n) is 15.1. The van der Waals surface area contributed by atoms with Gasteiger partial charge in [-0.2, -0.15) is 0 Å². The van der Waals surface area contributed by atoms with Crippen molar-refractivity contribution in [2.45, 2.75) is 13.3 Å². The van der Waals surface area contributed by atoms with Crippen LogP contribution in [0.15, 0.2) is 48.5 Å². The fraction of sp³-hybridized carbons (Fsp3) is 0.300. The summed E-state index contributed by atoms with van der Waals surface area (Å²) in [6.07, 6.45) is 0.723. The van der Waals surface area contributed by atoms with E-state index in [1.54, 1.807) is 37.4 Å². The molecule has 0 fully saturated rings. The lowest BCUT2D eigenvalue weighted by Gasteiger charge is -2.12. The van der Waals surface area contributed by atoms with E-state index in [0.29, 0.717) is 30.2 Å². The first-order chi connectivity index (χ1) is 12.6. The van der Waals surface area contributed by atoms with Crippen molar-refractivity contribution in [1.82, 2.24) is 5.32 Å². The number of methoxy groups -OCH3 is 1. The Labute approximate surface area is 153 Å². The van der Waals surface area contributed by atoms with Gasteiger partial charge in [0.1, 0.15) is 5.75 Å². The molecule has 0 aliphatic rings. The molecular weight excluding hydrogens is 332 g/mol. The zero-order chi connectivity index (χ0) is 18.8. The minimum Gasteiger partial charge on any atom is -0.484 e. The van der Waals surface area contributed by atoms with Gasteiger partial charge >= 0.3 is 0 Å². The van der Waals surface area contributed by atoms with Gasteiger partial charge in [0.2, 0.25) is 0 Å². The van der Waals surface area contributed by atoms with Crippen LogP contribution in [0.2, 0.25) is 0 Å². The molecule has 138 valence electrons. The van der Waals surface area contributed by atoms with Crippen LogP contribution in [0.5, 0.6) is 5.75 Å². The van der Waals surface area contributed by atoms with Crippen LogP contribution in [0.3, 0.4) is 0 Å². The molecule has 0 saturated carbocycles. The Kier molecular flexibility index (Phi) is 7.64. The number of para-hydroxylation sites is 1. The quantitative estimate of drug-likeness (QED) is 0.678. The smallest absolute Gasteiger partial charge is 0.262 e. The topological polar surface area (TPSA) is 76.7 Å². The lowest BCUT2D eigenvalue weighted by atomic mass is 10.1. The molecule has 0 radical (unpaired) electrons. The highest BCUT2D eigenvalue weighted by Gasteiger charge is 2.13. The van der Waals surface area contributed by atoms with E-state index in [2.05, 4.69) is 10.6 Å². The Balaban J connectivity index is 1.92. The van der Waals surface area contributed by atoms with Crippen molar-refractivity contribution < 1.29 is 19.1 Å². The van der Waals surface area contributed by atoms with Gasteiger partial charge < -0.3 is 20.1 Å². The predicted octanol–water partition coefficient (Wildman–Crippen LogP) is 2.78. The molecule has 0 aromatic heterocycles. The van der Waals surface area contributed by atoms with E-state index in [1.165, 1.54) is 0 Å². The molecule has 6 heteroatoms. The summed E-state index contributed by atoms with van der Waals surface area (Å²) in [4.78, 5) is 24.5. The van der Waals surface area contributed by atoms with E-state index in [-0.39, 0.29) is 18.4 Å². The molecule has 0 saturated heterocycles. The molecule has 0 aliphatic heterocycles. The molecule has 0 heterocycles. The van der Waals surface area contributed by atoms with Crippen molar-refractivity contribution in [3.63, 3.8) is 0 Å². The average molecular weight is 356 g/mol. The van der Waals surface area contributed by atoms with Crippen LogP contribution in [0, 0.1) is 6.92 Å². The van der Waals surface area contributed by atoms with E-state index < -0.39 is 0 Å². The first-order valence-electron chi connectivity index (χ1n) is 8.45. The highest BCUT2D eigenvalue weighted by atomic mass is 16.5. The van der Waals surface area contributed by atoms with Gasteiger partial charge in [0.05, 0.1) is 11.3 Å². The van der Waals surface area contributed by atoms with Gasteiger partial charge in [-0.15, -0.1) is 0 Å². The van der Waals surface area contributed by atoms with Gasteiger partial charge in [-0.25, -0.2) is 0 Å².